The SMILES string of the molecule is CCN(CC)CCOc1ccc(C(=O)Nc2ccccc2C)cn1.[Cl-].[H+]. The van der Waals surface area contributed by atoms with Crippen LogP contribution in [0, 0.1) is 6.92 Å². The number of pyridine rings is 1. The van der Waals surface area contributed by atoms with Crippen LogP contribution in [0.2, 0.25) is 0 Å². The zero-order valence-electron chi connectivity index (χ0n) is 16.0. The third kappa shape index (κ3) is 6.36. The summed E-state index contributed by atoms with van der Waals surface area (Å²) in [6, 6.07) is 11.1. The molecule has 0 radical (unpaired) electrons. The van der Waals surface area contributed by atoms with E-state index >= 15 is 0 Å². The van der Waals surface area contributed by atoms with Crippen LogP contribution in [0.5, 0.6) is 5.88 Å². The summed E-state index contributed by atoms with van der Waals surface area (Å²) < 4.78 is 5.63. The maximum absolute atomic E-state index is 12.3. The fourth-order valence-corrected chi connectivity index (χ4v) is 2.33. The number of halogens is 1. The standard InChI is InChI=1S/C19H25N3O2.ClH/c1-4-22(5-2)12-13-24-18-11-10-16(14-20-18)19(23)21-17-9-7-6-8-15(17)3;/h6-11,14H,4-5,12-13H2,1-3H3,(H,21,23);1H. The lowest BCUT2D eigenvalue weighted by atomic mass is 10.2. The summed E-state index contributed by atoms with van der Waals surface area (Å²) in [5.41, 5.74) is 2.34. The van der Waals surface area contributed by atoms with Crippen LogP contribution in [0.1, 0.15) is 31.2 Å². The second-order valence-corrected chi connectivity index (χ2v) is 5.53. The van der Waals surface area contributed by atoms with Crippen LogP contribution in [0.25, 0.3) is 0 Å². The van der Waals surface area contributed by atoms with Gasteiger partial charge < -0.3 is 27.4 Å². The van der Waals surface area contributed by atoms with Gasteiger partial charge in [-0.05, 0) is 37.7 Å². The number of aromatic nitrogens is 1. The van der Waals surface area contributed by atoms with Crippen LogP contribution in [0.3, 0.4) is 0 Å². The molecule has 0 aliphatic carbocycles. The summed E-state index contributed by atoms with van der Waals surface area (Å²) in [7, 11) is 0. The number of nitrogens with zero attached hydrogens (tertiary/aromatic N) is 2. The Labute approximate surface area is 157 Å². The maximum atomic E-state index is 12.3. The molecule has 1 aromatic carbocycles. The van der Waals surface area contributed by atoms with Gasteiger partial charge in [0.1, 0.15) is 6.61 Å². The molecule has 1 N–H and O–H groups in total. The van der Waals surface area contributed by atoms with Gasteiger partial charge in [-0.3, -0.25) is 4.79 Å². The number of anilines is 1. The smallest absolute Gasteiger partial charge is 1.00 e. The Morgan fingerprint density at radius 3 is 2.52 bits per heavy atom. The van der Waals surface area contributed by atoms with Gasteiger partial charge in [-0.25, -0.2) is 4.98 Å². The summed E-state index contributed by atoms with van der Waals surface area (Å²) >= 11 is 0. The third-order valence-electron chi connectivity index (χ3n) is 3.94. The molecule has 2 rings (SSSR count). The maximum Gasteiger partial charge on any atom is 1.00 e. The molecule has 0 atom stereocenters. The summed E-state index contributed by atoms with van der Waals surface area (Å²) in [6.07, 6.45) is 1.54. The molecule has 0 aliphatic heterocycles. The Hall–Kier alpha value is -2.11. The van der Waals surface area contributed by atoms with Crippen molar-refractivity contribution in [1.29, 1.82) is 0 Å². The summed E-state index contributed by atoms with van der Waals surface area (Å²) in [6.45, 7) is 9.68. The molecule has 1 aromatic heterocycles. The van der Waals surface area contributed by atoms with Gasteiger partial charge in [-0.2, -0.15) is 0 Å². The molecule has 0 bridgehead atoms. The third-order valence-corrected chi connectivity index (χ3v) is 3.94. The average molecular weight is 364 g/mol. The molecule has 1 amide bonds. The van der Waals surface area contributed by atoms with Gasteiger partial charge in [0.25, 0.3) is 5.91 Å². The van der Waals surface area contributed by atoms with E-state index in [1.807, 2.05) is 31.2 Å². The van der Waals surface area contributed by atoms with Crippen LogP contribution < -0.4 is 22.5 Å². The highest BCUT2D eigenvalue weighted by atomic mass is 35.5. The van der Waals surface area contributed by atoms with E-state index in [1.54, 1.807) is 18.3 Å². The summed E-state index contributed by atoms with van der Waals surface area (Å²) in [4.78, 5) is 18.8. The summed E-state index contributed by atoms with van der Waals surface area (Å²) in [5, 5.41) is 2.89. The monoisotopic (exact) mass is 363 g/mol. The Morgan fingerprint density at radius 2 is 1.92 bits per heavy atom. The lowest BCUT2D eigenvalue weighted by Gasteiger charge is -2.17. The van der Waals surface area contributed by atoms with Crippen molar-refractivity contribution in [2.24, 2.45) is 0 Å². The first-order valence-corrected chi connectivity index (χ1v) is 8.32. The highest BCUT2D eigenvalue weighted by Gasteiger charge is 2.08. The predicted molar refractivity (Wildman–Crippen MR) is 97.8 cm³/mol. The molecule has 5 nitrogen and oxygen atoms in total. The van der Waals surface area contributed by atoms with E-state index in [4.69, 9.17) is 4.74 Å². The van der Waals surface area contributed by atoms with Crippen LogP contribution in [-0.2, 0) is 0 Å². The summed E-state index contributed by atoms with van der Waals surface area (Å²) in [5.74, 6) is 0.362. The quantitative estimate of drug-likeness (QED) is 0.741. The van der Waals surface area contributed by atoms with E-state index in [0.29, 0.717) is 18.1 Å². The van der Waals surface area contributed by atoms with Gasteiger partial charge in [0.05, 0.1) is 5.56 Å². The zero-order chi connectivity index (χ0) is 17.4. The van der Waals surface area contributed by atoms with Crippen molar-refractivity contribution < 1.29 is 23.4 Å². The first-order chi connectivity index (χ1) is 11.6. The molecular weight excluding hydrogens is 338 g/mol. The Bertz CT molecular complexity index is 664. The number of ether oxygens (including phenoxy) is 1. The molecule has 1 heterocycles. The van der Waals surface area contributed by atoms with Crippen LogP contribution in [0.15, 0.2) is 42.6 Å². The van der Waals surface area contributed by atoms with E-state index in [2.05, 4.69) is 29.0 Å². The van der Waals surface area contributed by atoms with Gasteiger partial charge in [-0.15, -0.1) is 0 Å². The van der Waals surface area contributed by atoms with Gasteiger partial charge in [-0.1, -0.05) is 32.0 Å². The lowest BCUT2D eigenvalue weighted by molar-refractivity contribution is -0.0000133. The second-order valence-electron chi connectivity index (χ2n) is 5.53. The molecule has 0 unspecified atom stereocenters. The van der Waals surface area contributed by atoms with Gasteiger partial charge in [0, 0.05) is 24.5 Å². The number of rotatable bonds is 8. The molecule has 136 valence electrons. The fraction of sp³-hybridized carbons (Fsp3) is 0.368. The van der Waals surface area contributed by atoms with E-state index in [0.717, 1.165) is 30.9 Å². The number of likely N-dealkylation sites (N-methyl/N-ethyl adjacent to an activating group) is 1. The number of carbonyl (C=O) groups is 1. The molecular formula is C19H26ClN3O2. The number of nitrogens with one attached hydrogen (secondary N) is 1. The molecule has 0 fully saturated rings. The number of hydrogen-bond acceptors (Lipinski definition) is 4. The van der Waals surface area contributed by atoms with E-state index in [1.165, 1.54) is 0 Å². The highest BCUT2D eigenvalue weighted by Crippen LogP contribution is 2.15. The van der Waals surface area contributed by atoms with Crippen molar-refractivity contribution in [3.63, 3.8) is 0 Å². The number of benzene rings is 1. The van der Waals surface area contributed by atoms with Crippen LogP contribution in [-0.4, -0.2) is 42.0 Å². The van der Waals surface area contributed by atoms with Crippen molar-refractivity contribution >= 4 is 11.6 Å². The van der Waals surface area contributed by atoms with Gasteiger partial charge in [0.2, 0.25) is 5.88 Å². The normalized spacial score (nSPS) is 10.2. The lowest BCUT2D eigenvalue weighted by Crippen LogP contribution is -3.00. The molecule has 0 saturated heterocycles. The first-order valence-electron chi connectivity index (χ1n) is 8.32. The number of carbonyl (C=O) groups excluding carboxylic acids is 1. The number of hydrogen-bond donors (Lipinski definition) is 1. The topological polar surface area (TPSA) is 54.5 Å². The Kier molecular flexibility index (Phi) is 8.95. The van der Waals surface area contributed by atoms with Gasteiger partial charge in [0.15, 0.2) is 0 Å². The number of para-hydroxylation sites is 1. The molecule has 25 heavy (non-hydrogen) atoms. The molecule has 0 saturated carbocycles. The molecule has 0 spiro atoms. The molecule has 2 aromatic rings. The Balaban J connectivity index is 0.00000312. The molecule has 6 heteroatoms. The van der Waals surface area contributed by atoms with Crippen molar-refractivity contribution in [3.8, 4) is 5.88 Å². The van der Waals surface area contributed by atoms with Gasteiger partial charge >= 0.3 is 1.43 Å². The van der Waals surface area contributed by atoms with Crippen molar-refractivity contribution in [3.05, 3.63) is 53.7 Å². The zero-order valence-corrected chi connectivity index (χ0v) is 15.7. The fourth-order valence-electron chi connectivity index (χ4n) is 2.33. The van der Waals surface area contributed by atoms with Crippen molar-refractivity contribution in [2.45, 2.75) is 20.8 Å². The minimum absolute atomic E-state index is 0. The van der Waals surface area contributed by atoms with E-state index in [9.17, 15) is 4.79 Å². The second kappa shape index (κ2) is 10.7. The Morgan fingerprint density at radius 1 is 1.20 bits per heavy atom. The van der Waals surface area contributed by atoms with Crippen molar-refractivity contribution in [1.82, 2.24) is 9.88 Å². The molecule has 0 aliphatic rings. The number of amides is 1. The van der Waals surface area contributed by atoms with Crippen LogP contribution in [0.4, 0.5) is 5.69 Å². The minimum Gasteiger partial charge on any atom is -1.00 e. The number of aryl methyl sites for hydroxylation is 1. The van der Waals surface area contributed by atoms with Crippen molar-refractivity contribution in [2.75, 3.05) is 31.6 Å². The minimum atomic E-state index is -0.175. The van der Waals surface area contributed by atoms with E-state index < -0.39 is 0 Å². The largest absolute Gasteiger partial charge is 1.00 e. The first kappa shape index (κ1) is 20.9. The average Bonchev–Trinajstić information content (AvgIpc) is 2.61. The van der Waals surface area contributed by atoms with Crippen LogP contribution >= 0.6 is 0 Å². The predicted octanol–water partition coefficient (Wildman–Crippen LogP) is 0.479. The van der Waals surface area contributed by atoms with E-state index in [-0.39, 0.29) is 19.7 Å². The highest BCUT2D eigenvalue weighted by molar-refractivity contribution is 6.04.